The summed E-state index contributed by atoms with van der Waals surface area (Å²) in [5.41, 5.74) is 0.970. The van der Waals surface area contributed by atoms with E-state index < -0.39 is 12.1 Å². The van der Waals surface area contributed by atoms with Crippen LogP contribution in [0.2, 0.25) is 0 Å². The van der Waals surface area contributed by atoms with Crippen LogP contribution in [0.3, 0.4) is 0 Å². The number of carbonyl (C=O) groups is 1. The van der Waals surface area contributed by atoms with Crippen molar-refractivity contribution in [2.45, 2.75) is 6.18 Å². The maximum atomic E-state index is 12.2. The van der Waals surface area contributed by atoms with Crippen molar-refractivity contribution in [1.82, 2.24) is 4.98 Å². The fraction of sp³-hybridized carbons (Fsp3) is 0.0909. The second-order valence-electron chi connectivity index (χ2n) is 3.28. The lowest BCUT2D eigenvalue weighted by atomic mass is 10.1. The summed E-state index contributed by atoms with van der Waals surface area (Å²) in [6.45, 7) is 0. The van der Waals surface area contributed by atoms with Crippen LogP contribution in [0.4, 0.5) is 13.2 Å². The van der Waals surface area contributed by atoms with E-state index in [-0.39, 0.29) is 5.69 Å². The Morgan fingerprint density at radius 3 is 2.29 bits per heavy atom. The quantitative estimate of drug-likeness (QED) is 0.758. The highest BCUT2D eigenvalue weighted by Gasteiger charge is 2.37. The standard InChI is InChI=1S/C11H6F3NO2/c12-11(13,14)10-15-9(6-17-10)8-3-1-7(5-16)2-4-8/h1-6H. The fourth-order valence-electron chi connectivity index (χ4n) is 1.27. The first-order chi connectivity index (χ1) is 8.00. The highest BCUT2D eigenvalue weighted by atomic mass is 19.4. The van der Waals surface area contributed by atoms with E-state index in [1.165, 1.54) is 24.3 Å². The van der Waals surface area contributed by atoms with E-state index in [0.29, 0.717) is 17.4 Å². The van der Waals surface area contributed by atoms with Gasteiger partial charge in [-0.25, -0.2) is 4.98 Å². The number of hydrogen-bond donors (Lipinski definition) is 0. The Labute approximate surface area is 93.9 Å². The van der Waals surface area contributed by atoms with Gasteiger partial charge in [0.05, 0.1) is 0 Å². The third kappa shape index (κ3) is 2.35. The van der Waals surface area contributed by atoms with Gasteiger partial charge >= 0.3 is 12.1 Å². The Morgan fingerprint density at radius 1 is 1.18 bits per heavy atom. The molecule has 0 fully saturated rings. The van der Waals surface area contributed by atoms with Gasteiger partial charge in [-0.05, 0) is 0 Å². The summed E-state index contributed by atoms with van der Waals surface area (Å²) in [6, 6.07) is 5.98. The molecule has 88 valence electrons. The summed E-state index contributed by atoms with van der Waals surface area (Å²) in [5.74, 6) is -1.29. The zero-order chi connectivity index (χ0) is 12.5. The summed E-state index contributed by atoms with van der Waals surface area (Å²) in [5, 5.41) is 0. The smallest absolute Gasteiger partial charge is 0.441 e. The molecule has 1 aromatic carbocycles. The third-order valence-electron chi connectivity index (χ3n) is 2.09. The molecule has 0 N–H and O–H groups in total. The second-order valence-corrected chi connectivity index (χ2v) is 3.28. The molecule has 0 saturated heterocycles. The maximum Gasteiger partial charge on any atom is 0.468 e. The molecular formula is C11H6F3NO2. The highest BCUT2D eigenvalue weighted by molar-refractivity contribution is 5.76. The van der Waals surface area contributed by atoms with E-state index in [2.05, 4.69) is 9.40 Å². The first-order valence-electron chi connectivity index (χ1n) is 4.59. The van der Waals surface area contributed by atoms with E-state index in [1.54, 1.807) is 0 Å². The number of alkyl halides is 3. The molecule has 0 amide bonds. The lowest BCUT2D eigenvalue weighted by Crippen LogP contribution is -2.04. The maximum absolute atomic E-state index is 12.2. The zero-order valence-electron chi connectivity index (χ0n) is 8.36. The Balaban J connectivity index is 2.33. The van der Waals surface area contributed by atoms with E-state index in [4.69, 9.17) is 0 Å². The molecule has 0 saturated carbocycles. The van der Waals surface area contributed by atoms with Crippen molar-refractivity contribution in [3.8, 4) is 11.3 Å². The number of aromatic nitrogens is 1. The molecule has 0 radical (unpaired) electrons. The van der Waals surface area contributed by atoms with Gasteiger partial charge in [0.1, 0.15) is 18.2 Å². The monoisotopic (exact) mass is 241 g/mol. The lowest BCUT2D eigenvalue weighted by Gasteiger charge is -1.98. The molecule has 0 bridgehead atoms. The minimum Gasteiger partial charge on any atom is -0.441 e. The van der Waals surface area contributed by atoms with Crippen molar-refractivity contribution in [3.05, 3.63) is 42.0 Å². The number of aldehydes is 1. The van der Waals surface area contributed by atoms with E-state index in [0.717, 1.165) is 6.26 Å². The first kappa shape index (κ1) is 11.4. The first-order valence-corrected chi connectivity index (χ1v) is 4.59. The Bertz CT molecular complexity index is 528. The molecule has 2 aromatic rings. The fourth-order valence-corrected chi connectivity index (χ4v) is 1.27. The zero-order valence-corrected chi connectivity index (χ0v) is 8.36. The summed E-state index contributed by atoms with van der Waals surface area (Å²) in [4.78, 5) is 13.7. The summed E-state index contributed by atoms with van der Waals surface area (Å²) in [7, 11) is 0. The molecule has 1 aromatic heterocycles. The number of rotatable bonds is 2. The van der Waals surface area contributed by atoms with Crippen LogP contribution in [0, 0.1) is 0 Å². The number of carbonyl (C=O) groups excluding carboxylic acids is 1. The van der Waals surface area contributed by atoms with Gasteiger partial charge in [-0.3, -0.25) is 4.79 Å². The van der Waals surface area contributed by atoms with Gasteiger partial charge in [0.2, 0.25) is 0 Å². The van der Waals surface area contributed by atoms with Gasteiger partial charge in [0, 0.05) is 11.1 Å². The van der Waals surface area contributed by atoms with Crippen LogP contribution >= 0.6 is 0 Å². The van der Waals surface area contributed by atoms with Gasteiger partial charge in [-0.15, -0.1) is 0 Å². The molecule has 0 aliphatic rings. The molecular weight excluding hydrogens is 235 g/mol. The molecule has 1 heterocycles. The van der Waals surface area contributed by atoms with E-state index in [9.17, 15) is 18.0 Å². The lowest BCUT2D eigenvalue weighted by molar-refractivity contribution is -0.157. The molecule has 3 nitrogen and oxygen atoms in total. The molecule has 0 unspecified atom stereocenters. The van der Waals surface area contributed by atoms with Crippen LogP contribution < -0.4 is 0 Å². The number of benzene rings is 1. The minimum atomic E-state index is -4.60. The van der Waals surface area contributed by atoms with Crippen molar-refractivity contribution in [2.75, 3.05) is 0 Å². The van der Waals surface area contributed by atoms with E-state index >= 15 is 0 Å². The molecule has 0 aliphatic heterocycles. The van der Waals surface area contributed by atoms with Gasteiger partial charge in [0.25, 0.3) is 0 Å². The number of hydrogen-bond acceptors (Lipinski definition) is 3. The number of oxazole rings is 1. The predicted molar refractivity (Wildman–Crippen MR) is 52.3 cm³/mol. The molecule has 2 rings (SSSR count). The van der Waals surface area contributed by atoms with Crippen LogP contribution in [-0.4, -0.2) is 11.3 Å². The number of nitrogens with zero attached hydrogens (tertiary/aromatic N) is 1. The van der Waals surface area contributed by atoms with Crippen molar-refractivity contribution >= 4 is 6.29 Å². The largest absolute Gasteiger partial charge is 0.468 e. The van der Waals surface area contributed by atoms with E-state index in [1.807, 2.05) is 0 Å². The average Bonchev–Trinajstić information content (AvgIpc) is 2.78. The van der Waals surface area contributed by atoms with Crippen molar-refractivity contribution in [3.63, 3.8) is 0 Å². The van der Waals surface area contributed by atoms with Gasteiger partial charge in [-0.1, -0.05) is 24.3 Å². The SMILES string of the molecule is O=Cc1ccc(-c2coc(C(F)(F)F)n2)cc1. The second kappa shape index (κ2) is 4.04. The van der Waals surface area contributed by atoms with Crippen LogP contribution in [-0.2, 0) is 6.18 Å². The highest BCUT2D eigenvalue weighted by Crippen LogP contribution is 2.30. The van der Waals surface area contributed by atoms with Crippen molar-refractivity contribution < 1.29 is 22.4 Å². The molecule has 0 spiro atoms. The van der Waals surface area contributed by atoms with Gasteiger partial charge in [-0.2, -0.15) is 13.2 Å². The van der Waals surface area contributed by atoms with Crippen molar-refractivity contribution in [2.24, 2.45) is 0 Å². The molecule has 0 aliphatic carbocycles. The topological polar surface area (TPSA) is 43.1 Å². The molecule has 17 heavy (non-hydrogen) atoms. The third-order valence-corrected chi connectivity index (χ3v) is 2.09. The average molecular weight is 241 g/mol. The minimum absolute atomic E-state index is 0.0785. The molecule has 6 heteroatoms. The normalized spacial score (nSPS) is 11.5. The summed E-state index contributed by atoms with van der Waals surface area (Å²) < 4.78 is 41.0. The predicted octanol–water partition coefficient (Wildman–Crippen LogP) is 3.17. The summed E-state index contributed by atoms with van der Waals surface area (Å²) >= 11 is 0. The van der Waals surface area contributed by atoms with Gasteiger partial charge in [0.15, 0.2) is 0 Å². The van der Waals surface area contributed by atoms with Gasteiger partial charge < -0.3 is 4.42 Å². The van der Waals surface area contributed by atoms with Crippen molar-refractivity contribution in [1.29, 1.82) is 0 Å². The van der Waals surface area contributed by atoms with Crippen LogP contribution in [0.25, 0.3) is 11.3 Å². The Morgan fingerprint density at radius 2 is 1.82 bits per heavy atom. The van der Waals surface area contributed by atoms with Crippen LogP contribution in [0.15, 0.2) is 34.9 Å². The Hall–Kier alpha value is -2.11. The van der Waals surface area contributed by atoms with Crippen LogP contribution in [0.5, 0.6) is 0 Å². The van der Waals surface area contributed by atoms with Crippen LogP contribution in [0.1, 0.15) is 16.2 Å². The summed E-state index contributed by atoms with van der Waals surface area (Å²) in [6.07, 6.45) is -3.02. The Kier molecular flexibility index (Phi) is 2.71. The molecule has 0 atom stereocenters. The number of halogens is 3.